The standard InChI is InChI=1S/C11H18BrNO2/c1-5-14-11(15-6-2)10(13-4)8-7-9(3)12/h7-8,11H,4-6H2,1-3H3/b9-7+,10-8-. The van der Waals surface area contributed by atoms with Crippen molar-refractivity contribution in [3.63, 3.8) is 0 Å². The maximum Gasteiger partial charge on any atom is 0.201 e. The van der Waals surface area contributed by atoms with Crippen LogP contribution >= 0.6 is 15.9 Å². The van der Waals surface area contributed by atoms with E-state index in [0.29, 0.717) is 18.9 Å². The van der Waals surface area contributed by atoms with E-state index >= 15 is 0 Å². The van der Waals surface area contributed by atoms with Gasteiger partial charge in [0.25, 0.3) is 0 Å². The Bertz CT molecular complexity index is 239. The lowest BCUT2D eigenvalue weighted by Crippen LogP contribution is -2.19. The molecular weight excluding hydrogens is 258 g/mol. The van der Waals surface area contributed by atoms with E-state index in [9.17, 15) is 0 Å². The van der Waals surface area contributed by atoms with Crippen LogP contribution in [-0.2, 0) is 9.47 Å². The fourth-order valence-electron chi connectivity index (χ4n) is 0.928. The van der Waals surface area contributed by atoms with Gasteiger partial charge >= 0.3 is 0 Å². The van der Waals surface area contributed by atoms with Crippen LogP contribution in [0.15, 0.2) is 27.3 Å². The summed E-state index contributed by atoms with van der Waals surface area (Å²) < 4.78 is 11.8. The first-order chi connectivity index (χ1) is 7.15. The minimum Gasteiger partial charge on any atom is -0.347 e. The Kier molecular flexibility index (Phi) is 8.56. The average Bonchev–Trinajstić information content (AvgIpc) is 2.19. The molecular formula is C11H18BrNO2. The summed E-state index contributed by atoms with van der Waals surface area (Å²) in [6, 6.07) is 0. The monoisotopic (exact) mass is 275 g/mol. The van der Waals surface area contributed by atoms with Crippen molar-refractivity contribution in [2.45, 2.75) is 27.1 Å². The van der Waals surface area contributed by atoms with Gasteiger partial charge in [-0.3, -0.25) is 4.99 Å². The second-order valence-corrected chi connectivity index (χ2v) is 4.00. The Morgan fingerprint density at radius 3 is 2.20 bits per heavy atom. The molecule has 0 aromatic heterocycles. The normalized spacial score (nSPS) is 13.4. The van der Waals surface area contributed by atoms with Gasteiger partial charge in [0, 0.05) is 13.2 Å². The largest absolute Gasteiger partial charge is 0.347 e. The molecule has 0 fully saturated rings. The van der Waals surface area contributed by atoms with Crippen molar-refractivity contribution in [2.24, 2.45) is 4.99 Å². The number of allylic oxidation sites excluding steroid dienone is 3. The fourth-order valence-corrected chi connectivity index (χ4v) is 1.06. The van der Waals surface area contributed by atoms with Crippen molar-refractivity contribution in [2.75, 3.05) is 13.2 Å². The van der Waals surface area contributed by atoms with E-state index < -0.39 is 6.29 Å². The number of ether oxygens (including phenoxy) is 2. The molecule has 3 nitrogen and oxygen atoms in total. The van der Waals surface area contributed by atoms with Crippen molar-refractivity contribution >= 4 is 22.6 Å². The molecule has 0 atom stereocenters. The highest BCUT2D eigenvalue weighted by molar-refractivity contribution is 9.11. The zero-order valence-electron chi connectivity index (χ0n) is 9.50. The minimum absolute atomic E-state index is 0.430. The molecule has 0 bridgehead atoms. The van der Waals surface area contributed by atoms with Crippen LogP contribution in [0.25, 0.3) is 0 Å². The number of hydrogen-bond acceptors (Lipinski definition) is 3. The number of nitrogens with zero attached hydrogens (tertiary/aromatic N) is 1. The van der Waals surface area contributed by atoms with E-state index in [1.807, 2.05) is 32.9 Å². The summed E-state index contributed by atoms with van der Waals surface area (Å²) in [5.41, 5.74) is 0.678. The zero-order chi connectivity index (χ0) is 11.7. The Morgan fingerprint density at radius 1 is 1.33 bits per heavy atom. The van der Waals surface area contributed by atoms with Gasteiger partial charge in [0.05, 0.1) is 5.70 Å². The third-order valence-corrected chi connectivity index (χ3v) is 1.81. The Balaban J connectivity index is 4.64. The Labute approximate surface area is 100.0 Å². The highest BCUT2D eigenvalue weighted by Crippen LogP contribution is 2.12. The van der Waals surface area contributed by atoms with Gasteiger partial charge in [0.2, 0.25) is 6.29 Å². The summed E-state index contributed by atoms with van der Waals surface area (Å²) in [5.74, 6) is 0. The molecule has 0 aliphatic rings. The summed E-state index contributed by atoms with van der Waals surface area (Å²) in [6.45, 7) is 10.4. The van der Waals surface area contributed by atoms with Gasteiger partial charge in [0.1, 0.15) is 0 Å². The molecule has 4 heteroatoms. The predicted molar refractivity (Wildman–Crippen MR) is 67.4 cm³/mol. The van der Waals surface area contributed by atoms with Crippen molar-refractivity contribution < 1.29 is 9.47 Å². The predicted octanol–water partition coefficient (Wildman–Crippen LogP) is 3.27. The summed E-state index contributed by atoms with van der Waals surface area (Å²) in [5, 5.41) is 0. The van der Waals surface area contributed by atoms with Crippen LogP contribution in [0.2, 0.25) is 0 Å². The molecule has 0 N–H and O–H groups in total. The van der Waals surface area contributed by atoms with E-state index in [0.717, 1.165) is 4.48 Å². The minimum atomic E-state index is -0.430. The fraction of sp³-hybridized carbons (Fsp3) is 0.545. The molecule has 0 aromatic rings. The van der Waals surface area contributed by atoms with Crippen molar-refractivity contribution in [3.05, 3.63) is 22.3 Å². The van der Waals surface area contributed by atoms with Gasteiger partial charge in [0.15, 0.2) is 0 Å². The van der Waals surface area contributed by atoms with E-state index in [2.05, 4.69) is 27.6 Å². The van der Waals surface area contributed by atoms with Crippen LogP contribution in [-0.4, -0.2) is 26.2 Å². The quantitative estimate of drug-likeness (QED) is 0.406. The molecule has 0 saturated carbocycles. The van der Waals surface area contributed by atoms with E-state index in [1.54, 1.807) is 0 Å². The Hall–Kier alpha value is -0.450. The molecule has 0 aliphatic carbocycles. The first kappa shape index (κ1) is 14.6. The molecule has 0 aromatic carbocycles. The van der Waals surface area contributed by atoms with Crippen LogP contribution in [0.1, 0.15) is 20.8 Å². The number of hydrogen-bond donors (Lipinski definition) is 0. The molecule has 15 heavy (non-hydrogen) atoms. The van der Waals surface area contributed by atoms with Gasteiger partial charge in [-0.05, 0) is 38.0 Å². The summed E-state index contributed by atoms with van der Waals surface area (Å²) in [6.07, 6.45) is 3.28. The summed E-state index contributed by atoms with van der Waals surface area (Å²) in [7, 11) is 0. The smallest absolute Gasteiger partial charge is 0.201 e. The van der Waals surface area contributed by atoms with E-state index in [1.165, 1.54) is 0 Å². The van der Waals surface area contributed by atoms with Gasteiger partial charge in [-0.1, -0.05) is 22.0 Å². The van der Waals surface area contributed by atoms with Crippen LogP contribution in [0.4, 0.5) is 0 Å². The van der Waals surface area contributed by atoms with Gasteiger partial charge in [-0.2, -0.15) is 0 Å². The first-order valence-corrected chi connectivity index (χ1v) is 5.68. The lowest BCUT2D eigenvalue weighted by Gasteiger charge is -2.16. The summed E-state index contributed by atoms with van der Waals surface area (Å²) >= 11 is 3.33. The van der Waals surface area contributed by atoms with Crippen molar-refractivity contribution in [1.82, 2.24) is 0 Å². The second-order valence-electron chi connectivity index (χ2n) is 2.75. The molecule has 0 amide bonds. The van der Waals surface area contributed by atoms with Gasteiger partial charge < -0.3 is 9.47 Å². The third-order valence-electron chi connectivity index (χ3n) is 1.54. The number of halogens is 1. The van der Waals surface area contributed by atoms with Gasteiger partial charge in [-0.25, -0.2) is 0 Å². The van der Waals surface area contributed by atoms with Crippen LogP contribution in [0.5, 0.6) is 0 Å². The van der Waals surface area contributed by atoms with E-state index in [-0.39, 0.29) is 0 Å². The van der Waals surface area contributed by atoms with Crippen molar-refractivity contribution in [3.8, 4) is 0 Å². The molecule has 86 valence electrons. The third kappa shape index (κ3) is 6.60. The average molecular weight is 276 g/mol. The molecule has 0 unspecified atom stereocenters. The topological polar surface area (TPSA) is 30.8 Å². The molecule has 0 aliphatic heterocycles. The zero-order valence-corrected chi connectivity index (χ0v) is 11.1. The molecule has 0 saturated heterocycles. The molecule has 0 rings (SSSR count). The van der Waals surface area contributed by atoms with Crippen molar-refractivity contribution in [1.29, 1.82) is 0 Å². The summed E-state index contributed by atoms with van der Waals surface area (Å²) in [4.78, 5) is 3.89. The highest BCUT2D eigenvalue weighted by atomic mass is 79.9. The maximum atomic E-state index is 5.40. The molecule has 0 radical (unpaired) electrons. The molecule has 0 heterocycles. The second kappa shape index (κ2) is 8.83. The van der Waals surface area contributed by atoms with E-state index in [4.69, 9.17) is 9.47 Å². The maximum absolute atomic E-state index is 5.40. The lowest BCUT2D eigenvalue weighted by atomic mass is 10.3. The number of aliphatic imine (C=N–C) groups is 1. The van der Waals surface area contributed by atoms with Crippen LogP contribution in [0, 0.1) is 0 Å². The van der Waals surface area contributed by atoms with Crippen LogP contribution < -0.4 is 0 Å². The lowest BCUT2D eigenvalue weighted by molar-refractivity contribution is -0.111. The highest BCUT2D eigenvalue weighted by Gasteiger charge is 2.12. The number of rotatable bonds is 7. The SMILES string of the molecule is C=N/C(=C\C=C(/C)Br)C(OCC)OCC. The Morgan fingerprint density at radius 2 is 1.87 bits per heavy atom. The van der Waals surface area contributed by atoms with Gasteiger partial charge in [-0.15, -0.1) is 0 Å². The molecule has 0 spiro atoms. The van der Waals surface area contributed by atoms with Crippen LogP contribution in [0.3, 0.4) is 0 Å². The first-order valence-electron chi connectivity index (χ1n) is 4.89.